The van der Waals surface area contributed by atoms with Crippen molar-refractivity contribution < 1.29 is 18.7 Å². The van der Waals surface area contributed by atoms with Gasteiger partial charge in [-0.2, -0.15) is 5.10 Å². The summed E-state index contributed by atoms with van der Waals surface area (Å²) in [4.78, 5) is 26.8. The number of hydrogen-bond donors (Lipinski definition) is 2. The fourth-order valence-corrected chi connectivity index (χ4v) is 7.39. The van der Waals surface area contributed by atoms with E-state index in [9.17, 15) is 9.18 Å². The number of benzene rings is 3. The van der Waals surface area contributed by atoms with Gasteiger partial charge in [0, 0.05) is 73.9 Å². The van der Waals surface area contributed by atoms with E-state index in [4.69, 9.17) is 26.1 Å². The number of nitrogens with zero attached hydrogens (tertiary/aromatic N) is 7. The number of para-hydroxylation sites is 1. The van der Waals surface area contributed by atoms with Crippen LogP contribution < -0.4 is 14.8 Å². The molecule has 0 bridgehead atoms. The molecule has 14 heteroatoms. The fraction of sp³-hybridized carbons (Fsp3) is 0.262. The molecule has 56 heavy (non-hydrogen) atoms. The van der Waals surface area contributed by atoms with Crippen LogP contribution in [-0.2, 0) is 25.4 Å². The van der Waals surface area contributed by atoms with Crippen molar-refractivity contribution in [1.29, 1.82) is 0 Å². The lowest BCUT2D eigenvalue weighted by Gasteiger charge is -2.27. The molecule has 0 aliphatic carbocycles. The number of ether oxygens (including phenoxy) is 2. The molecule has 0 saturated heterocycles. The number of aromatic nitrogens is 7. The molecule has 2 aliphatic rings. The largest absolute Gasteiger partial charge is 0.443 e. The standard InChI is InChI=1S/C33H34ClN7O2.C9H7FN2O/c1-4-40-21-36-18-25(40)19-41-28-10-9-24(35-3)16-27(28)38-31(41)20-39-14-12-22(13-15-39)26-6-5-7-29-32(26)43-33(2,42-29)30-11-8-23(34)17-37-30;1-5-7-2-6(4-13)3-8(10)9(7)12-11-5/h5-12,16-18,21,35H,4,13-15,19-20H2,1-3H3;2-4H,1H3,(H,11,12). The van der Waals surface area contributed by atoms with E-state index in [0.29, 0.717) is 28.0 Å². The summed E-state index contributed by atoms with van der Waals surface area (Å²) in [5.74, 6) is 1.05. The minimum atomic E-state index is -1.01. The fourth-order valence-electron chi connectivity index (χ4n) is 7.27. The van der Waals surface area contributed by atoms with Gasteiger partial charge >= 0.3 is 0 Å². The number of fused-ring (bicyclic) bond motifs is 3. The van der Waals surface area contributed by atoms with E-state index in [-0.39, 0.29) is 5.52 Å². The summed E-state index contributed by atoms with van der Waals surface area (Å²) in [5, 5.41) is 10.9. The normalized spacial score (nSPS) is 16.5. The molecule has 0 fully saturated rings. The molecule has 0 radical (unpaired) electrons. The van der Waals surface area contributed by atoms with E-state index in [1.807, 2.05) is 44.7 Å². The summed E-state index contributed by atoms with van der Waals surface area (Å²) < 4.78 is 30.5. The Morgan fingerprint density at radius 3 is 2.71 bits per heavy atom. The highest BCUT2D eigenvalue weighted by Crippen LogP contribution is 2.48. The maximum Gasteiger partial charge on any atom is 0.292 e. The molecule has 2 aliphatic heterocycles. The van der Waals surface area contributed by atoms with E-state index in [2.05, 4.69) is 76.8 Å². The maximum absolute atomic E-state index is 13.2. The number of H-pyrrole nitrogens is 1. The minimum absolute atomic E-state index is 0.281. The molecular weight excluding hydrogens is 733 g/mol. The van der Waals surface area contributed by atoms with Gasteiger partial charge in [0.25, 0.3) is 5.79 Å². The average Bonchev–Trinajstić information content (AvgIpc) is 4.00. The van der Waals surface area contributed by atoms with E-state index >= 15 is 0 Å². The minimum Gasteiger partial charge on any atom is -0.443 e. The van der Waals surface area contributed by atoms with Crippen LogP contribution in [0.2, 0.25) is 5.02 Å². The van der Waals surface area contributed by atoms with Gasteiger partial charge in [-0.05, 0) is 74.4 Å². The van der Waals surface area contributed by atoms with Crippen molar-refractivity contribution in [1.82, 2.24) is 39.2 Å². The number of imidazole rings is 2. The highest BCUT2D eigenvalue weighted by molar-refractivity contribution is 6.30. The number of anilines is 1. The molecule has 2 N–H and O–H groups in total. The number of pyridine rings is 1. The summed E-state index contributed by atoms with van der Waals surface area (Å²) in [7, 11) is 1.94. The van der Waals surface area contributed by atoms with Crippen LogP contribution in [0.4, 0.5) is 10.1 Å². The maximum atomic E-state index is 13.2. The van der Waals surface area contributed by atoms with E-state index < -0.39 is 11.6 Å². The summed E-state index contributed by atoms with van der Waals surface area (Å²) in [5.41, 5.74) is 8.71. The average molecular weight is 774 g/mol. The quantitative estimate of drug-likeness (QED) is 0.140. The number of aromatic amines is 1. The molecular formula is C42H41ClFN9O3. The smallest absolute Gasteiger partial charge is 0.292 e. The van der Waals surface area contributed by atoms with Gasteiger partial charge in [0.15, 0.2) is 17.3 Å². The van der Waals surface area contributed by atoms with Gasteiger partial charge in [-0.15, -0.1) is 0 Å². The number of halogens is 2. The van der Waals surface area contributed by atoms with Gasteiger partial charge < -0.3 is 23.9 Å². The van der Waals surface area contributed by atoms with Gasteiger partial charge in [0.1, 0.15) is 23.3 Å². The third-order valence-electron chi connectivity index (χ3n) is 10.3. The van der Waals surface area contributed by atoms with Crippen LogP contribution in [-0.4, -0.2) is 65.6 Å². The van der Waals surface area contributed by atoms with Crippen molar-refractivity contribution in [2.24, 2.45) is 0 Å². The monoisotopic (exact) mass is 773 g/mol. The molecule has 0 saturated carbocycles. The second-order valence-electron chi connectivity index (χ2n) is 14.0. The Bertz CT molecular complexity index is 2600. The predicted molar refractivity (Wildman–Crippen MR) is 215 cm³/mol. The Morgan fingerprint density at radius 2 is 1.96 bits per heavy atom. The van der Waals surface area contributed by atoms with E-state index in [1.54, 1.807) is 25.3 Å². The summed E-state index contributed by atoms with van der Waals surface area (Å²) in [6.45, 7) is 9.89. The molecule has 1 unspecified atom stereocenters. The second kappa shape index (κ2) is 15.2. The first kappa shape index (κ1) is 36.9. The van der Waals surface area contributed by atoms with Gasteiger partial charge in [-0.1, -0.05) is 29.8 Å². The summed E-state index contributed by atoms with van der Waals surface area (Å²) >= 11 is 6.06. The molecule has 286 valence electrons. The molecule has 6 heterocycles. The number of aldehydes is 1. The van der Waals surface area contributed by atoms with Crippen LogP contribution in [0, 0.1) is 12.7 Å². The number of hydrogen-bond acceptors (Lipinski definition) is 9. The van der Waals surface area contributed by atoms with Crippen molar-refractivity contribution >= 4 is 51.1 Å². The van der Waals surface area contributed by atoms with Crippen LogP contribution in [0.5, 0.6) is 11.5 Å². The lowest BCUT2D eigenvalue weighted by atomic mass is 9.98. The molecule has 0 amide bonds. The lowest BCUT2D eigenvalue weighted by Crippen LogP contribution is -2.32. The van der Waals surface area contributed by atoms with Crippen LogP contribution in [0.3, 0.4) is 0 Å². The summed E-state index contributed by atoms with van der Waals surface area (Å²) in [6.07, 6.45) is 9.28. The Kier molecular flexibility index (Phi) is 10.0. The highest BCUT2D eigenvalue weighted by atomic mass is 35.5. The van der Waals surface area contributed by atoms with Crippen molar-refractivity contribution in [2.45, 2.75) is 52.6 Å². The molecule has 1 atom stereocenters. The number of carbonyl (C=O) groups excluding carboxylic acids is 1. The molecule has 0 spiro atoms. The molecule has 12 nitrogen and oxygen atoms in total. The summed E-state index contributed by atoms with van der Waals surface area (Å²) in [6, 6.07) is 18.9. The molecule has 4 aromatic heterocycles. The van der Waals surface area contributed by atoms with Crippen LogP contribution in [0.1, 0.15) is 59.1 Å². The number of nitrogens with one attached hydrogen (secondary N) is 2. The first-order chi connectivity index (χ1) is 27.2. The second-order valence-corrected chi connectivity index (χ2v) is 14.4. The number of carbonyl (C=O) groups is 1. The zero-order valence-electron chi connectivity index (χ0n) is 31.5. The Hall–Kier alpha value is -6.05. The van der Waals surface area contributed by atoms with Gasteiger partial charge in [-0.3, -0.25) is 19.8 Å². The van der Waals surface area contributed by atoms with E-state index in [1.165, 1.54) is 17.3 Å². The zero-order chi connectivity index (χ0) is 39.0. The van der Waals surface area contributed by atoms with Crippen LogP contribution in [0.15, 0.2) is 85.5 Å². The van der Waals surface area contributed by atoms with Crippen molar-refractivity contribution in [3.05, 3.63) is 130 Å². The van der Waals surface area contributed by atoms with Crippen LogP contribution >= 0.6 is 11.6 Å². The molecule has 9 rings (SSSR count). The molecule has 3 aromatic carbocycles. The Balaban J connectivity index is 0.000000287. The Labute approximate surface area is 327 Å². The van der Waals surface area contributed by atoms with Gasteiger partial charge in [0.2, 0.25) is 0 Å². The van der Waals surface area contributed by atoms with Crippen LogP contribution in [0.25, 0.3) is 27.5 Å². The number of rotatable bonds is 9. The first-order valence-corrected chi connectivity index (χ1v) is 18.8. The third-order valence-corrected chi connectivity index (χ3v) is 10.5. The zero-order valence-corrected chi connectivity index (χ0v) is 32.3. The first-order valence-electron chi connectivity index (χ1n) is 18.5. The van der Waals surface area contributed by atoms with Crippen molar-refractivity contribution in [3.8, 4) is 11.5 Å². The lowest BCUT2D eigenvalue weighted by molar-refractivity contribution is -0.0718. The third kappa shape index (κ3) is 7.11. The van der Waals surface area contributed by atoms with Gasteiger partial charge in [-0.25, -0.2) is 14.4 Å². The van der Waals surface area contributed by atoms with Crippen molar-refractivity contribution in [3.63, 3.8) is 0 Å². The van der Waals surface area contributed by atoms with Crippen molar-refractivity contribution in [2.75, 3.05) is 25.5 Å². The van der Waals surface area contributed by atoms with Gasteiger partial charge in [0.05, 0.1) is 41.2 Å². The SMILES string of the molecule is CCn1cncc1Cn1c(CN2CC=C(c3cccc4c3OC(C)(c3ccc(Cl)cn3)O4)CC2)nc2cc(NC)ccc21.Cc1[nH]nc2c(F)cc(C=O)cc12. The Morgan fingerprint density at radius 1 is 1.09 bits per heavy atom. The predicted octanol–water partition coefficient (Wildman–Crippen LogP) is 8.15. The van der Waals surface area contributed by atoms with E-state index in [0.717, 1.165) is 84.4 Å². The molecule has 7 aromatic rings. The number of aryl methyl sites for hydroxylation is 2. The topological polar surface area (TPSA) is 128 Å². The highest BCUT2D eigenvalue weighted by Gasteiger charge is 2.41.